The Hall–Kier alpha value is -1.89. The number of hydrogen-bond donors (Lipinski definition) is 2. The lowest BCUT2D eigenvalue weighted by atomic mass is 9.99. The summed E-state index contributed by atoms with van der Waals surface area (Å²) in [7, 11) is 0. The third kappa shape index (κ3) is 2.33. The zero-order valence-electron chi connectivity index (χ0n) is 15.5. The van der Waals surface area contributed by atoms with E-state index in [1.54, 1.807) is 11.3 Å². The monoisotopic (exact) mass is 400 g/mol. The van der Waals surface area contributed by atoms with Crippen molar-refractivity contribution < 1.29 is 5.11 Å². The highest BCUT2D eigenvalue weighted by Gasteiger charge is 2.64. The third-order valence-electron chi connectivity index (χ3n) is 6.03. The average molecular weight is 401 g/mol. The molecule has 7 heteroatoms. The number of nitrogens with zero attached hydrogens (tertiary/aromatic N) is 3. The van der Waals surface area contributed by atoms with Crippen LogP contribution in [-0.2, 0) is 0 Å². The van der Waals surface area contributed by atoms with E-state index in [0.29, 0.717) is 5.02 Å². The Morgan fingerprint density at radius 2 is 2.04 bits per heavy atom. The molecule has 2 aliphatic heterocycles. The van der Waals surface area contributed by atoms with Crippen molar-refractivity contribution in [3.05, 3.63) is 50.9 Å². The van der Waals surface area contributed by atoms with Crippen molar-refractivity contribution in [2.45, 2.75) is 38.9 Å². The SMILES string of the molecule is CC1=NNC2N1c1sc(C)c(C)c1C(c1ccc(Cl)cc1)=N[C@]21C[C@H]1CO. The lowest BCUT2D eigenvalue weighted by Gasteiger charge is -2.29. The van der Waals surface area contributed by atoms with Gasteiger partial charge in [-0.05, 0) is 44.9 Å². The van der Waals surface area contributed by atoms with Crippen LogP contribution in [0.2, 0.25) is 5.02 Å². The zero-order valence-corrected chi connectivity index (χ0v) is 17.0. The summed E-state index contributed by atoms with van der Waals surface area (Å²) in [5.74, 6) is 1.08. The highest BCUT2D eigenvalue weighted by atomic mass is 35.5. The maximum Gasteiger partial charge on any atom is 0.147 e. The molecule has 5 rings (SSSR count). The molecule has 2 N–H and O–H groups in total. The quantitative estimate of drug-likeness (QED) is 0.808. The Labute approximate surface area is 167 Å². The van der Waals surface area contributed by atoms with Gasteiger partial charge in [-0.25, -0.2) is 0 Å². The summed E-state index contributed by atoms with van der Waals surface area (Å²) in [6.07, 6.45) is 0.792. The molecule has 27 heavy (non-hydrogen) atoms. The highest BCUT2D eigenvalue weighted by molar-refractivity contribution is 7.17. The second kappa shape index (κ2) is 5.80. The van der Waals surface area contributed by atoms with Crippen molar-refractivity contribution >= 4 is 39.5 Å². The number of benzene rings is 1. The van der Waals surface area contributed by atoms with Gasteiger partial charge in [0.2, 0.25) is 0 Å². The van der Waals surface area contributed by atoms with Crippen LogP contribution in [0.15, 0.2) is 34.4 Å². The van der Waals surface area contributed by atoms with Gasteiger partial charge in [-0.2, -0.15) is 5.10 Å². The normalized spacial score (nSPS) is 28.3. The molecule has 2 aromatic rings. The van der Waals surface area contributed by atoms with Crippen LogP contribution in [0.4, 0.5) is 5.00 Å². The Bertz CT molecular complexity index is 996. The van der Waals surface area contributed by atoms with Crippen molar-refractivity contribution in [1.29, 1.82) is 0 Å². The van der Waals surface area contributed by atoms with Gasteiger partial charge in [0.1, 0.15) is 22.5 Å². The summed E-state index contributed by atoms with van der Waals surface area (Å²) in [6, 6.07) is 7.89. The predicted molar refractivity (Wildman–Crippen MR) is 111 cm³/mol. The van der Waals surface area contributed by atoms with Gasteiger partial charge in [-0.1, -0.05) is 23.7 Å². The number of halogens is 1. The molecule has 1 aliphatic carbocycles. The van der Waals surface area contributed by atoms with E-state index in [9.17, 15) is 5.11 Å². The first-order valence-corrected chi connectivity index (χ1v) is 10.3. The molecular formula is C20H21ClN4OS. The molecule has 3 heterocycles. The van der Waals surface area contributed by atoms with E-state index >= 15 is 0 Å². The first-order valence-electron chi connectivity index (χ1n) is 9.12. The summed E-state index contributed by atoms with van der Waals surface area (Å²) < 4.78 is 0. The minimum atomic E-state index is -0.371. The minimum Gasteiger partial charge on any atom is -0.396 e. The van der Waals surface area contributed by atoms with E-state index < -0.39 is 0 Å². The topological polar surface area (TPSA) is 60.2 Å². The smallest absolute Gasteiger partial charge is 0.147 e. The Morgan fingerprint density at radius 3 is 2.70 bits per heavy atom. The number of aliphatic hydroxyl groups excluding tert-OH is 1. The van der Waals surface area contributed by atoms with Gasteiger partial charge in [0.05, 0.1) is 5.71 Å². The average Bonchev–Trinajstić information content (AvgIpc) is 3.15. The van der Waals surface area contributed by atoms with Gasteiger partial charge in [-0.3, -0.25) is 15.3 Å². The molecule has 1 saturated carbocycles. The number of anilines is 1. The van der Waals surface area contributed by atoms with Gasteiger partial charge in [0.15, 0.2) is 0 Å². The van der Waals surface area contributed by atoms with Crippen molar-refractivity contribution in [2.75, 3.05) is 11.5 Å². The van der Waals surface area contributed by atoms with Crippen LogP contribution in [-0.4, -0.2) is 35.0 Å². The molecule has 0 amide bonds. The van der Waals surface area contributed by atoms with Crippen LogP contribution < -0.4 is 10.3 Å². The fourth-order valence-corrected chi connectivity index (χ4v) is 5.64. The molecule has 1 aromatic heterocycles. The van der Waals surface area contributed by atoms with Crippen LogP contribution in [0.3, 0.4) is 0 Å². The number of nitrogens with one attached hydrogen (secondary N) is 1. The maximum absolute atomic E-state index is 9.89. The lowest BCUT2D eigenvalue weighted by molar-refractivity contribution is 0.255. The minimum absolute atomic E-state index is 0.0596. The maximum atomic E-state index is 9.89. The van der Waals surface area contributed by atoms with Gasteiger partial charge >= 0.3 is 0 Å². The van der Waals surface area contributed by atoms with Gasteiger partial charge in [-0.15, -0.1) is 11.3 Å². The fourth-order valence-electron chi connectivity index (χ4n) is 4.28. The number of amidine groups is 1. The van der Waals surface area contributed by atoms with Crippen molar-refractivity contribution in [1.82, 2.24) is 5.43 Å². The number of rotatable bonds is 2. The molecule has 1 aromatic carbocycles. The highest BCUT2D eigenvalue weighted by Crippen LogP contribution is 2.55. The van der Waals surface area contributed by atoms with Crippen molar-refractivity contribution in [3.8, 4) is 0 Å². The van der Waals surface area contributed by atoms with E-state index in [-0.39, 0.29) is 24.2 Å². The molecule has 0 radical (unpaired) electrons. The zero-order chi connectivity index (χ0) is 18.9. The molecule has 3 atom stereocenters. The fraction of sp³-hybridized carbons (Fsp3) is 0.400. The van der Waals surface area contributed by atoms with Gasteiger partial charge in [0, 0.05) is 33.6 Å². The Morgan fingerprint density at radius 1 is 1.30 bits per heavy atom. The molecular weight excluding hydrogens is 380 g/mol. The van der Waals surface area contributed by atoms with Crippen LogP contribution in [0.5, 0.6) is 0 Å². The van der Waals surface area contributed by atoms with E-state index in [2.05, 4.69) is 29.3 Å². The van der Waals surface area contributed by atoms with Crippen LogP contribution in [0.25, 0.3) is 0 Å². The van der Waals surface area contributed by atoms with E-state index in [1.807, 2.05) is 31.2 Å². The number of aliphatic imine (C=N–C) groups is 1. The van der Waals surface area contributed by atoms with Crippen LogP contribution >= 0.6 is 22.9 Å². The molecule has 0 saturated heterocycles. The Balaban J connectivity index is 1.79. The first-order chi connectivity index (χ1) is 13.0. The predicted octanol–water partition coefficient (Wildman–Crippen LogP) is 3.69. The number of thiophene rings is 1. The number of hydrogen-bond acceptors (Lipinski definition) is 6. The lowest BCUT2D eigenvalue weighted by Crippen LogP contribution is -2.49. The summed E-state index contributed by atoms with van der Waals surface area (Å²) in [5.41, 5.74) is 7.39. The number of aliphatic hydroxyl groups is 1. The molecule has 3 aliphatic rings. The third-order valence-corrected chi connectivity index (χ3v) is 7.49. The molecule has 1 spiro atoms. The molecule has 1 unspecified atom stereocenters. The Kier molecular flexibility index (Phi) is 3.70. The van der Waals surface area contributed by atoms with E-state index in [1.165, 1.54) is 21.0 Å². The second-order valence-corrected chi connectivity index (χ2v) is 9.21. The molecule has 1 fully saturated rings. The van der Waals surface area contributed by atoms with Crippen LogP contribution in [0.1, 0.15) is 34.9 Å². The summed E-state index contributed by atoms with van der Waals surface area (Å²) in [6.45, 7) is 6.48. The van der Waals surface area contributed by atoms with E-state index in [4.69, 9.17) is 16.6 Å². The van der Waals surface area contributed by atoms with Gasteiger partial charge < -0.3 is 5.11 Å². The molecule has 5 nitrogen and oxygen atoms in total. The van der Waals surface area contributed by atoms with E-state index in [0.717, 1.165) is 23.5 Å². The standard InChI is InChI=1S/C20H21ClN4OS/c1-10-11(2)27-18-16(10)17(13-4-6-15(21)7-5-13)22-20(8-14(20)9-26)19-24-23-12(3)25(18)19/h4-7,14,19,24,26H,8-9H2,1-3H3/t14-,19?,20-/m0/s1. The van der Waals surface area contributed by atoms with Gasteiger partial charge in [0.25, 0.3) is 0 Å². The summed E-state index contributed by atoms with van der Waals surface area (Å²) >= 11 is 7.91. The largest absolute Gasteiger partial charge is 0.396 e. The second-order valence-electron chi connectivity index (χ2n) is 7.57. The molecule has 0 bridgehead atoms. The molecule has 140 valence electrons. The summed E-state index contributed by atoms with van der Waals surface area (Å²) in [5, 5.41) is 16.3. The van der Waals surface area contributed by atoms with Crippen LogP contribution in [0, 0.1) is 19.8 Å². The van der Waals surface area contributed by atoms with Crippen molar-refractivity contribution in [3.63, 3.8) is 0 Å². The first kappa shape index (κ1) is 17.2. The number of aryl methyl sites for hydroxylation is 1. The number of hydrazone groups is 1. The summed E-state index contributed by atoms with van der Waals surface area (Å²) in [4.78, 5) is 8.87. The number of fused-ring (bicyclic) bond motifs is 4. The van der Waals surface area contributed by atoms with Crippen molar-refractivity contribution in [2.24, 2.45) is 16.0 Å².